The lowest BCUT2D eigenvalue weighted by molar-refractivity contribution is -0.155. The Balaban J connectivity index is 1.65. The van der Waals surface area contributed by atoms with Gasteiger partial charge in [-0.05, 0) is 78.3 Å². The first-order valence-electron chi connectivity index (χ1n) is 12.7. The molecule has 0 aliphatic heterocycles. The predicted octanol–water partition coefficient (Wildman–Crippen LogP) is 7.36. The fourth-order valence-corrected chi connectivity index (χ4v) is 5.77. The van der Waals surface area contributed by atoms with Gasteiger partial charge in [-0.2, -0.15) is 13.2 Å². The maximum Gasteiger partial charge on any atom is 0.420 e. The number of hydrogen-bond acceptors (Lipinski definition) is 3. The van der Waals surface area contributed by atoms with Gasteiger partial charge in [-0.15, -0.1) is 0 Å². The Kier molecular flexibility index (Phi) is 7.11. The van der Waals surface area contributed by atoms with Gasteiger partial charge in [0, 0.05) is 12.1 Å². The van der Waals surface area contributed by atoms with Crippen LogP contribution in [-0.2, 0) is 11.0 Å². The average Bonchev–Trinajstić information content (AvgIpc) is 2.78. The molecule has 2 N–H and O–H groups in total. The van der Waals surface area contributed by atoms with E-state index in [4.69, 9.17) is 4.74 Å². The maximum atomic E-state index is 14.4. The van der Waals surface area contributed by atoms with Gasteiger partial charge in [-0.3, -0.25) is 4.79 Å². The van der Waals surface area contributed by atoms with Gasteiger partial charge in [0.05, 0.1) is 12.0 Å². The first kappa shape index (κ1) is 25.8. The molecular formula is C28H36F3NO3. The summed E-state index contributed by atoms with van der Waals surface area (Å²) in [6.45, 7) is 8.00. The van der Waals surface area contributed by atoms with Crippen LogP contribution in [0.5, 0.6) is 5.75 Å². The lowest BCUT2D eigenvalue weighted by atomic mass is 9.58. The molecule has 2 aromatic rings. The van der Waals surface area contributed by atoms with Crippen LogP contribution in [0.4, 0.5) is 13.2 Å². The van der Waals surface area contributed by atoms with Crippen molar-refractivity contribution in [2.75, 3.05) is 0 Å². The highest BCUT2D eigenvalue weighted by Crippen LogP contribution is 2.48. The Morgan fingerprint density at radius 1 is 1.17 bits per heavy atom. The van der Waals surface area contributed by atoms with Gasteiger partial charge in [0.25, 0.3) is 0 Å². The van der Waals surface area contributed by atoms with E-state index in [2.05, 4.69) is 12.2 Å². The summed E-state index contributed by atoms with van der Waals surface area (Å²) in [5, 5.41) is 13.6. The number of aliphatic carboxylic acids is 1. The van der Waals surface area contributed by atoms with E-state index in [9.17, 15) is 23.1 Å². The van der Waals surface area contributed by atoms with Crippen LogP contribution in [0.25, 0.3) is 10.8 Å². The summed E-state index contributed by atoms with van der Waals surface area (Å²) >= 11 is 0. The van der Waals surface area contributed by atoms with E-state index < -0.39 is 29.0 Å². The van der Waals surface area contributed by atoms with Crippen molar-refractivity contribution in [1.29, 1.82) is 0 Å². The number of nitrogens with one attached hydrogen (secondary N) is 1. The number of carboxylic acid groups (broad SMARTS) is 1. The predicted molar refractivity (Wildman–Crippen MR) is 130 cm³/mol. The van der Waals surface area contributed by atoms with Crippen molar-refractivity contribution in [2.45, 2.75) is 90.6 Å². The van der Waals surface area contributed by atoms with Crippen LogP contribution >= 0.6 is 0 Å². The summed E-state index contributed by atoms with van der Waals surface area (Å²) in [5.74, 6) is -0.733. The standard InChI is InChI=1S/C28H36F3NO3/c1-5-22(32-24-15-21(26(33)34)27(24,3)4)18-9-8-17-10-13-23(25(20(17)14-18)28(29,30)31)35-19-11-6-16(2)7-12-19/h8-10,13-14,16,19,21-22,24,32H,5-7,11-12,15H2,1-4H3,(H,33,34)/t16-,19+,21?,22?,24-/m1/s1. The summed E-state index contributed by atoms with van der Waals surface area (Å²) < 4.78 is 49.0. The number of hydrogen-bond donors (Lipinski definition) is 2. The van der Waals surface area contributed by atoms with Gasteiger partial charge in [0.1, 0.15) is 11.3 Å². The molecule has 0 heterocycles. The van der Waals surface area contributed by atoms with Crippen LogP contribution in [0.3, 0.4) is 0 Å². The van der Waals surface area contributed by atoms with Crippen LogP contribution in [0.2, 0.25) is 0 Å². The molecular weight excluding hydrogens is 455 g/mol. The fraction of sp³-hybridized carbons (Fsp3) is 0.607. The second-order valence-corrected chi connectivity index (χ2v) is 11.0. The monoisotopic (exact) mass is 491 g/mol. The number of carboxylic acids is 1. The molecule has 2 aromatic carbocycles. The molecule has 192 valence electrons. The van der Waals surface area contributed by atoms with Crippen molar-refractivity contribution in [1.82, 2.24) is 5.32 Å². The minimum Gasteiger partial charge on any atom is -0.490 e. The minimum atomic E-state index is -4.55. The van der Waals surface area contributed by atoms with Crippen LogP contribution in [-0.4, -0.2) is 23.2 Å². The molecule has 0 bridgehead atoms. The largest absolute Gasteiger partial charge is 0.490 e. The third-order valence-electron chi connectivity index (χ3n) is 8.33. The molecule has 4 rings (SSSR count). The van der Waals surface area contributed by atoms with E-state index in [1.807, 2.05) is 26.8 Å². The molecule has 35 heavy (non-hydrogen) atoms. The summed E-state index contributed by atoms with van der Waals surface area (Å²) in [6, 6.07) is 8.21. The topological polar surface area (TPSA) is 58.6 Å². The van der Waals surface area contributed by atoms with Gasteiger partial charge in [-0.1, -0.05) is 45.9 Å². The van der Waals surface area contributed by atoms with E-state index >= 15 is 0 Å². The maximum absolute atomic E-state index is 14.4. The number of ether oxygens (including phenoxy) is 1. The zero-order valence-electron chi connectivity index (χ0n) is 20.9. The van der Waals surface area contributed by atoms with Gasteiger partial charge in [0.15, 0.2) is 0 Å². The van der Waals surface area contributed by atoms with E-state index in [0.29, 0.717) is 24.1 Å². The van der Waals surface area contributed by atoms with Gasteiger partial charge < -0.3 is 15.2 Å². The van der Waals surface area contributed by atoms with Crippen LogP contribution in [0, 0.1) is 17.3 Å². The molecule has 2 fully saturated rings. The Hall–Kier alpha value is -2.28. The number of alkyl halides is 3. The van der Waals surface area contributed by atoms with Gasteiger partial charge in [0.2, 0.25) is 0 Å². The Labute approximate surface area is 205 Å². The second-order valence-electron chi connectivity index (χ2n) is 11.0. The van der Waals surface area contributed by atoms with Crippen molar-refractivity contribution in [3.05, 3.63) is 41.5 Å². The average molecular weight is 492 g/mol. The lowest BCUT2D eigenvalue weighted by Gasteiger charge is -2.51. The first-order chi connectivity index (χ1) is 16.4. The van der Waals surface area contributed by atoms with Crippen molar-refractivity contribution in [3.8, 4) is 5.75 Å². The SMILES string of the molecule is CCC(N[C@@H]1CC(C(=O)O)C1(C)C)c1ccc2ccc(O[C@H]3CC[C@@H](C)CC3)c(C(F)(F)F)c2c1. The highest BCUT2D eigenvalue weighted by Gasteiger charge is 2.52. The molecule has 0 radical (unpaired) electrons. The van der Waals surface area contributed by atoms with E-state index in [1.54, 1.807) is 18.2 Å². The summed E-state index contributed by atoms with van der Waals surface area (Å²) in [4.78, 5) is 11.5. The molecule has 4 nitrogen and oxygen atoms in total. The molecule has 7 heteroatoms. The second kappa shape index (κ2) is 9.64. The first-order valence-corrected chi connectivity index (χ1v) is 12.7. The molecule has 2 unspecified atom stereocenters. The van der Waals surface area contributed by atoms with Crippen molar-refractivity contribution >= 4 is 16.7 Å². The Morgan fingerprint density at radius 3 is 2.40 bits per heavy atom. The van der Waals surface area contributed by atoms with Crippen molar-refractivity contribution < 1.29 is 27.8 Å². The smallest absolute Gasteiger partial charge is 0.420 e. The van der Waals surface area contributed by atoms with Crippen molar-refractivity contribution in [3.63, 3.8) is 0 Å². The molecule has 2 saturated carbocycles. The normalized spacial score (nSPS) is 27.3. The minimum absolute atomic E-state index is 0.0188. The molecule has 0 aromatic heterocycles. The molecule has 0 saturated heterocycles. The zero-order chi connectivity index (χ0) is 25.5. The van der Waals surface area contributed by atoms with Crippen LogP contribution < -0.4 is 10.1 Å². The summed E-state index contributed by atoms with van der Waals surface area (Å²) in [5.41, 5.74) is -0.366. The highest BCUT2D eigenvalue weighted by molar-refractivity contribution is 5.89. The lowest BCUT2D eigenvalue weighted by Crippen LogP contribution is -2.59. The van der Waals surface area contributed by atoms with E-state index in [0.717, 1.165) is 31.2 Å². The molecule has 2 aliphatic carbocycles. The van der Waals surface area contributed by atoms with E-state index in [1.165, 1.54) is 6.07 Å². The number of carbonyl (C=O) groups is 1. The molecule has 3 atom stereocenters. The van der Waals surface area contributed by atoms with Gasteiger partial charge in [-0.25, -0.2) is 0 Å². The third kappa shape index (κ3) is 5.16. The Morgan fingerprint density at radius 2 is 1.83 bits per heavy atom. The van der Waals surface area contributed by atoms with Crippen molar-refractivity contribution in [2.24, 2.45) is 17.3 Å². The Bertz CT molecular complexity index is 1070. The fourth-order valence-electron chi connectivity index (χ4n) is 5.77. The van der Waals surface area contributed by atoms with Gasteiger partial charge >= 0.3 is 12.1 Å². The number of benzene rings is 2. The third-order valence-corrected chi connectivity index (χ3v) is 8.33. The van der Waals surface area contributed by atoms with E-state index in [-0.39, 0.29) is 29.3 Å². The highest BCUT2D eigenvalue weighted by atomic mass is 19.4. The quantitative estimate of drug-likeness (QED) is 0.425. The van der Waals surface area contributed by atoms with Crippen LogP contribution in [0.15, 0.2) is 30.3 Å². The number of halogens is 3. The molecule has 0 amide bonds. The zero-order valence-corrected chi connectivity index (χ0v) is 20.9. The molecule has 2 aliphatic rings. The molecule has 0 spiro atoms. The number of rotatable bonds is 7. The summed E-state index contributed by atoms with van der Waals surface area (Å²) in [7, 11) is 0. The van der Waals surface area contributed by atoms with Crippen LogP contribution in [0.1, 0.15) is 83.4 Å². The summed E-state index contributed by atoms with van der Waals surface area (Å²) in [6.07, 6.45) is -0.0799. The number of fused-ring (bicyclic) bond motifs is 1.